The summed E-state index contributed by atoms with van der Waals surface area (Å²) in [6.07, 6.45) is 1.24. The monoisotopic (exact) mass is 380 g/mol. The first-order valence-electron chi connectivity index (χ1n) is 5.85. The van der Waals surface area contributed by atoms with Crippen LogP contribution in [0.5, 0.6) is 0 Å². The van der Waals surface area contributed by atoms with Crippen molar-refractivity contribution in [3.8, 4) is 0 Å². The number of rotatable bonds is 7. The Hall–Kier alpha value is -1.78. The summed E-state index contributed by atoms with van der Waals surface area (Å²) in [6, 6.07) is 0. The van der Waals surface area contributed by atoms with E-state index in [4.69, 9.17) is 29.7 Å². The molecule has 10 heteroatoms. The van der Waals surface area contributed by atoms with Crippen molar-refractivity contribution >= 4 is 17.9 Å². The fourth-order valence-electron chi connectivity index (χ4n) is 0.297. The Labute approximate surface area is 155 Å². The van der Waals surface area contributed by atoms with Gasteiger partial charge in [-0.25, -0.2) is 0 Å². The summed E-state index contributed by atoms with van der Waals surface area (Å²) >= 11 is 0. The molecule has 0 aliphatic rings. The number of carboxylic acids is 3. The van der Waals surface area contributed by atoms with E-state index in [-0.39, 0.29) is 21.7 Å². The maximum absolute atomic E-state index is 10.1. The van der Waals surface area contributed by atoms with E-state index in [2.05, 4.69) is 29.2 Å². The number of carbonyl (C=O) groups excluding carboxylic acids is 3. The van der Waals surface area contributed by atoms with Crippen LogP contribution in [0.1, 0.15) is 6.92 Å². The van der Waals surface area contributed by atoms with Gasteiger partial charge in [0.1, 0.15) is 0 Å². The second-order valence-electron chi connectivity index (χ2n) is 3.00. The molecule has 0 spiro atoms. The number of hydrogen-bond donors (Lipinski definition) is 0. The minimum Gasteiger partial charge on any atom is -0.831 e. The third-order valence-corrected chi connectivity index (χ3v) is 1.14. The fourth-order valence-corrected chi connectivity index (χ4v) is 0.297. The molecule has 0 aromatic heterocycles. The van der Waals surface area contributed by atoms with Crippen LogP contribution in [0.3, 0.4) is 0 Å². The predicted octanol–water partition coefficient (Wildman–Crippen LogP) is -3.88. The molecule has 0 saturated heterocycles. The van der Waals surface area contributed by atoms with Gasteiger partial charge in [-0.3, -0.25) is 0 Å². The smallest absolute Gasteiger partial charge is 0.831 e. The van der Waals surface area contributed by atoms with Gasteiger partial charge in [-0.1, -0.05) is 26.7 Å². The molecule has 24 heavy (non-hydrogen) atoms. The van der Waals surface area contributed by atoms with E-state index >= 15 is 0 Å². The van der Waals surface area contributed by atoms with Gasteiger partial charge in [0.2, 0.25) is 0 Å². The first-order chi connectivity index (χ1) is 10.6. The molecule has 0 aromatic rings. The summed E-state index contributed by atoms with van der Waals surface area (Å²) < 4.78 is 9.23. The van der Waals surface area contributed by atoms with Crippen LogP contribution in [0.2, 0.25) is 0 Å². The molecule has 9 nitrogen and oxygen atoms in total. The zero-order valence-corrected chi connectivity index (χ0v) is 15.1. The first-order valence-corrected chi connectivity index (χ1v) is 5.85. The van der Waals surface area contributed by atoms with Crippen molar-refractivity contribution in [3.05, 3.63) is 38.0 Å². The number of ether oxygens (including phenoxy) is 2. The minimum atomic E-state index is -1.23. The topological polar surface area (TPSA) is 162 Å². The van der Waals surface area contributed by atoms with Gasteiger partial charge in [-0.05, 0) is 24.5 Å². The number of carbonyl (C=O) groups is 3. The summed E-state index contributed by atoms with van der Waals surface area (Å²) in [6.45, 7) is 11.0. The van der Waals surface area contributed by atoms with Gasteiger partial charge in [0, 0.05) is 7.11 Å². The molecule has 0 amide bonds. The first kappa shape index (κ1) is 33.7. The Kier molecular flexibility index (Phi) is 41.1. The van der Waals surface area contributed by atoms with Crippen LogP contribution in [0.4, 0.5) is 0 Å². The van der Waals surface area contributed by atoms with Gasteiger partial charge in [0.15, 0.2) is 0 Å². The second-order valence-corrected chi connectivity index (χ2v) is 3.00. The molecule has 0 heterocycles. The van der Waals surface area contributed by atoms with Crippen LogP contribution < -0.4 is 20.4 Å². The molecule has 0 aromatic carbocycles. The molecule has 1 atom stereocenters. The van der Waals surface area contributed by atoms with Crippen molar-refractivity contribution in [1.29, 1.82) is 0 Å². The Morgan fingerprint density at radius 1 is 0.917 bits per heavy atom. The van der Waals surface area contributed by atoms with Gasteiger partial charge >= 0.3 is 21.7 Å². The van der Waals surface area contributed by atoms with Crippen molar-refractivity contribution in [1.82, 2.24) is 0 Å². The van der Waals surface area contributed by atoms with Crippen molar-refractivity contribution in [3.63, 3.8) is 0 Å². The van der Waals surface area contributed by atoms with E-state index in [1.54, 1.807) is 7.11 Å². The summed E-state index contributed by atoms with van der Waals surface area (Å²) in [5.41, 5.74) is 0. The molecule has 0 aliphatic carbocycles. The normalized spacial score (nSPS) is 8.62. The van der Waals surface area contributed by atoms with Crippen molar-refractivity contribution in [2.45, 2.75) is 13.2 Å². The molecule has 0 bridgehead atoms. The zero-order chi connectivity index (χ0) is 19.3. The summed E-state index contributed by atoms with van der Waals surface area (Å²) in [5.74, 6) is -3.69. The van der Waals surface area contributed by atoms with Crippen LogP contribution in [0.15, 0.2) is 38.0 Å². The average Bonchev–Trinajstić information content (AvgIpc) is 2.48. The number of methoxy groups -OCH3 is 1. The van der Waals surface area contributed by atoms with Crippen molar-refractivity contribution in [2.75, 3.05) is 20.3 Å². The summed E-state index contributed by atoms with van der Waals surface area (Å²) in [7, 11) is 1.57. The summed E-state index contributed by atoms with van der Waals surface area (Å²) in [4.78, 5) is 27.4. The maximum Gasteiger partial charge on any atom is 4.00 e. The Balaban J connectivity index is -0.0000000677. The number of carboxylic acid groups (broad SMARTS) is 3. The molecular weight excluding hydrogens is 360 g/mol. The van der Waals surface area contributed by atoms with Crippen LogP contribution in [0.25, 0.3) is 0 Å². The molecule has 0 rings (SSSR count). The number of aliphatic carboxylic acids is 3. The molecule has 0 aliphatic heterocycles. The molecule has 0 radical (unpaired) electrons. The average molecular weight is 380 g/mol. The van der Waals surface area contributed by atoms with E-state index < -0.39 is 24.2 Å². The van der Waals surface area contributed by atoms with Gasteiger partial charge in [-0.2, -0.15) is 0 Å². The molecule has 0 N–H and O–H groups in total. The van der Waals surface area contributed by atoms with Crippen LogP contribution in [-0.2, 0) is 45.6 Å². The standard InChI is InChI=1S/C5H11O3.3C3H4O2.Ti/c1-5(6)8-4-3-7-2;3*1-2-3(4)5;/h5H,3-4H2,1-2H3;3*2H,1H2,(H,4,5);/q-1;;;;+4/p-3. The van der Waals surface area contributed by atoms with Gasteiger partial charge in [0.05, 0.1) is 31.1 Å². The molecular formula is C14H20O9Ti. The fraction of sp³-hybridized carbons (Fsp3) is 0.357. The van der Waals surface area contributed by atoms with Crippen molar-refractivity contribution < 1.29 is 66.0 Å². The van der Waals surface area contributed by atoms with Crippen LogP contribution in [-0.4, -0.2) is 44.5 Å². The molecule has 134 valence electrons. The van der Waals surface area contributed by atoms with E-state index in [9.17, 15) is 5.11 Å². The Bertz CT molecular complexity index is 311. The Morgan fingerprint density at radius 3 is 1.29 bits per heavy atom. The SMILES string of the molecule is C=CC(=O)[O-].C=CC(=O)[O-].C=CC(=O)[O-].COCCOC(C)[O-].[Ti+4]. The number of hydrogen-bond acceptors (Lipinski definition) is 9. The van der Waals surface area contributed by atoms with Crippen LogP contribution in [0, 0.1) is 0 Å². The van der Waals surface area contributed by atoms with E-state index in [1.165, 1.54) is 6.92 Å². The largest absolute Gasteiger partial charge is 4.00 e. The van der Waals surface area contributed by atoms with Gasteiger partial charge in [-0.15, -0.1) is 0 Å². The van der Waals surface area contributed by atoms with Crippen molar-refractivity contribution in [2.24, 2.45) is 0 Å². The second kappa shape index (κ2) is 29.3. The summed E-state index contributed by atoms with van der Waals surface area (Å²) in [5, 5.41) is 37.5. The quantitative estimate of drug-likeness (QED) is 0.186. The zero-order valence-electron chi connectivity index (χ0n) is 13.5. The van der Waals surface area contributed by atoms with E-state index in [0.29, 0.717) is 13.2 Å². The molecule has 0 saturated carbocycles. The van der Waals surface area contributed by atoms with E-state index in [0.717, 1.165) is 18.2 Å². The van der Waals surface area contributed by atoms with Gasteiger partial charge < -0.3 is 44.3 Å². The Morgan fingerprint density at radius 2 is 1.17 bits per heavy atom. The van der Waals surface area contributed by atoms with Crippen LogP contribution >= 0.6 is 0 Å². The molecule has 0 fully saturated rings. The minimum absolute atomic E-state index is 0. The third-order valence-electron chi connectivity index (χ3n) is 1.14. The van der Waals surface area contributed by atoms with Gasteiger partial charge in [0.25, 0.3) is 0 Å². The van der Waals surface area contributed by atoms with E-state index in [1.807, 2.05) is 0 Å². The maximum atomic E-state index is 10.1. The molecule has 1 unspecified atom stereocenters. The predicted molar refractivity (Wildman–Crippen MR) is 72.9 cm³/mol. The third kappa shape index (κ3) is 87.8.